The first-order valence-electron chi connectivity index (χ1n) is 3.32. The average Bonchev–Trinajstić information content (AvgIpc) is 2.24. The summed E-state index contributed by atoms with van der Waals surface area (Å²) in [7, 11) is -1.47. The molecule has 0 aliphatic heterocycles. The Bertz CT molecular complexity index is 315. The Kier molecular flexibility index (Phi) is 7.30. The Hall–Kier alpha value is 0.590. The Morgan fingerprint density at radius 2 is 1.67 bits per heavy atom. The zero-order chi connectivity index (χ0) is 12.1. The first kappa shape index (κ1) is 15.6. The van der Waals surface area contributed by atoms with Crippen LogP contribution in [-0.2, 0) is 18.1 Å². The number of halogens is 4. The van der Waals surface area contributed by atoms with Gasteiger partial charge in [-0.1, -0.05) is 46.4 Å². The fraction of sp³-hybridized carbons (Fsp3) is 0.333. The Morgan fingerprint density at radius 3 is 1.93 bits per heavy atom. The summed E-state index contributed by atoms with van der Waals surface area (Å²) < 4.78 is 25.0. The lowest BCUT2D eigenvalue weighted by atomic mass is 10.5. The fourth-order valence-corrected chi connectivity index (χ4v) is 1.76. The van der Waals surface area contributed by atoms with E-state index in [1.807, 2.05) is 0 Å². The lowest BCUT2D eigenvalue weighted by Gasteiger charge is -2.15. The third-order valence-electron chi connectivity index (χ3n) is 1.14. The Morgan fingerprint density at radius 1 is 1.20 bits per heavy atom. The molecule has 0 rings (SSSR count). The Labute approximate surface area is 107 Å². The molecule has 0 aliphatic rings. The SMILES string of the molecule is COP(=O)(OC)OC(=CCl)C(Cl)=C(Cl)Cl. The lowest BCUT2D eigenvalue weighted by molar-refractivity contribution is 0.186. The molecule has 0 amide bonds. The van der Waals surface area contributed by atoms with Crippen molar-refractivity contribution in [2.75, 3.05) is 14.2 Å². The zero-order valence-electron chi connectivity index (χ0n) is 7.67. The minimum absolute atomic E-state index is 0.206. The highest BCUT2D eigenvalue weighted by molar-refractivity contribution is 7.48. The summed E-state index contributed by atoms with van der Waals surface area (Å²) in [4.78, 5) is 0. The van der Waals surface area contributed by atoms with E-state index >= 15 is 0 Å². The van der Waals surface area contributed by atoms with Gasteiger partial charge in [0.15, 0.2) is 5.76 Å². The van der Waals surface area contributed by atoms with Gasteiger partial charge in [-0.3, -0.25) is 9.05 Å². The maximum Gasteiger partial charge on any atom is 0.529 e. The molecule has 0 aliphatic carbocycles. The quantitative estimate of drug-likeness (QED) is 0.429. The van der Waals surface area contributed by atoms with E-state index in [2.05, 4.69) is 9.05 Å². The van der Waals surface area contributed by atoms with Crippen LogP contribution in [0.2, 0.25) is 0 Å². The zero-order valence-corrected chi connectivity index (χ0v) is 11.6. The summed E-state index contributed by atoms with van der Waals surface area (Å²) in [6.45, 7) is 0. The summed E-state index contributed by atoms with van der Waals surface area (Å²) in [5.41, 5.74) is 0.901. The number of phosphoric ester groups is 1. The van der Waals surface area contributed by atoms with Crippen LogP contribution in [0.5, 0.6) is 0 Å². The molecule has 4 nitrogen and oxygen atoms in total. The van der Waals surface area contributed by atoms with Gasteiger partial charge in [0, 0.05) is 19.8 Å². The molecule has 0 heterocycles. The molecule has 0 bridgehead atoms. The summed E-state index contributed by atoms with van der Waals surface area (Å²) in [6.07, 6.45) is 0. The number of phosphoric acid groups is 1. The number of allylic oxidation sites excluding steroid dienone is 1. The van der Waals surface area contributed by atoms with E-state index in [-0.39, 0.29) is 15.3 Å². The van der Waals surface area contributed by atoms with Gasteiger partial charge in [0.05, 0.1) is 0 Å². The van der Waals surface area contributed by atoms with Gasteiger partial charge in [0.1, 0.15) is 9.52 Å². The van der Waals surface area contributed by atoms with Gasteiger partial charge in [-0.2, -0.15) is 0 Å². The maximum atomic E-state index is 11.5. The summed E-state index contributed by atoms with van der Waals surface area (Å²) >= 11 is 21.7. The molecular formula is C6H7Cl4O4P. The van der Waals surface area contributed by atoms with Crippen LogP contribution in [0.15, 0.2) is 20.8 Å². The highest BCUT2D eigenvalue weighted by atomic mass is 35.5. The molecule has 0 spiro atoms. The van der Waals surface area contributed by atoms with Crippen LogP contribution in [0.3, 0.4) is 0 Å². The van der Waals surface area contributed by atoms with E-state index < -0.39 is 7.82 Å². The molecular weight excluding hydrogens is 309 g/mol. The van der Waals surface area contributed by atoms with E-state index in [9.17, 15) is 4.57 Å². The van der Waals surface area contributed by atoms with E-state index in [1.54, 1.807) is 0 Å². The molecule has 0 aromatic carbocycles. The number of hydrogen-bond donors (Lipinski definition) is 0. The Balaban J connectivity index is 4.93. The average molecular weight is 316 g/mol. The van der Waals surface area contributed by atoms with Crippen molar-refractivity contribution in [3.05, 3.63) is 20.8 Å². The third kappa shape index (κ3) is 4.96. The predicted octanol–water partition coefficient (Wildman–Crippen LogP) is 4.37. The van der Waals surface area contributed by atoms with Gasteiger partial charge < -0.3 is 4.52 Å². The van der Waals surface area contributed by atoms with Crippen LogP contribution in [0, 0.1) is 0 Å². The third-order valence-corrected chi connectivity index (χ3v) is 3.60. The van der Waals surface area contributed by atoms with Crippen LogP contribution in [0.25, 0.3) is 0 Å². The first-order chi connectivity index (χ1) is 6.90. The van der Waals surface area contributed by atoms with Crippen molar-refractivity contribution in [3.8, 4) is 0 Å². The lowest BCUT2D eigenvalue weighted by Crippen LogP contribution is -1.96. The predicted molar refractivity (Wildman–Crippen MR) is 61.2 cm³/mol. The molecule has 0 radical (unpaired) electrons. The molecule has 15 heavy (non-hydrogen) atoms. The van der Waals surface area contributed by atoms with Gasteiger partial charge >= 0.3 is 7.82 Å². The van der Waals surface area contributed by atoms with E-state index in [0.717, 1.165) is 19.8 Å². The van der Waals surface area contributed by atoms with E-state index in [1.165, 1.54) is 0 Å². The normalized spacial score (nSPS) is 12.5. The molecule has 0 aromatic heterocycles. The first-order valence-corrected chi connectivity index (χ1v) is 6.36. The molecule has 0 saturated heterocycles. The molecule has 0 atom stereocenters. The van der Waals surface area contributed by atoms with Crippen molar-refractivity contribution in [3.63, 3.8) is 0 Å². The largest absolute Gasteiger partial charge is 0.529 e. The molecule has 9 heteroatoms. The van der Waals surface area contributed by atoms with Crippen molar-refractivity contribution in [2.24, 2.45) is 0 Å². The molecule has 0 unspecified atom stereocenters. The van der Waals surface area contributed by atoms with Gasteiger partial charge in [-0.15, -0.1) is 0 Å². The van der Waals surface area contributed by atoms with Crippen molar-refractivity contribution in [2.45, 2.75) is 0 Å². The summed E-state index contributed by atoms with van der Waals surface area (Å²) in [5, 5.41) is -0.206. The minimum atomic E-state index is -3.74. The highest BCUT2D eigenvalue weighted by Gasteiger charge is 2.27. The van der Waals surface area contributed by atoms with Gasteiger partial charge in [0.2, 0.25) is 0 Å². The van der Waals surface area contributed by atoms with Crippen molar-refractivity contribution in [1.82, 2.24) is 0 Å². The van der Waals surface area contributed by atoms with E-state index in [0.29, 0.717) is 0 Å². The fourth-order valence-electron chi connectivity index (χ4n) is 0.471. The molecule has 0 fully saturated rings. The number of rotatable bonds is 5. The van der Waals surface area contributed by atoms with Gasteiger partial charge in [-0.05, 0) is 0 Å². The summed E-state index contributed by atoms with van der Waals surface area (Å²) in [6, 6.07) is 0. The minimum Gasteiger partial charge on any atom is -0.401 e. The molecule has 0 N–H and O–H groups in total. The van der Waals surface area contributed by atoms with Crippen molar-refractivity contribution >= 4 is 54.2 Å². The second-order valence-electron chi connectivity index (χ2n) is 1.95. The maximum absolute atomic E-state index is 11.5. The molecule has 88 valence electrons. The second kappa shape index (κ2) is 7.02. The highest BCUT2D eigenvalue weighted by Crippen LogP contribution is 2.51. The molecule has 0 saturated carbocycles. The van der Waals surface area contributed by atoms with Gasteiger partial charge in [0.25, 0.3) is 0 Å². The monoisotopic (exact) mass is 314 g/mol. The van der Waals surface area contributed by atoms with Crippen LogP contribution in [0.1, 0.15) is 0 Å². The summed E-state index contributed by atoms with van der Waals surface area (Å²) in [5.74, 6) is -0.217. The standard InChI is InChI=1S/C6H7Cl4O4P/c1-12-15(11,13-2)14-4(3-7)5(8)6(9)10/h3H,1-2H3. The van der Waals surface area contributed by atoms with Crippen LogP contribution in [0.4, 0.5) is 0 Å². The topological polar surface area (TPSA) is 44.8 Å². The van der Waals surface area contributed by atoms with Crippen molar-refractivity contribution in [1.29, 1.82) is 0 Å². The van der Waals surface area contributed by atoms with Crippen LogP contribution >= 0.6 is 54.2 Å². The second-order valence-corrected chi connectivity index (χ2v) is 5.30. The smallest absolute Gasteiger partial charge is 0.401 e. The van der Waals surface area contributed by atoms with Crippen LogP contribution in [-0.4, -0.2) is 14.2 Å². The number of hydrogen-bond acceptors (Lipinski definition) is 4. The van der Waals surface area contributed by atoms with E-state index in [4.69, 9.17) is 50.9 Å². The molecule has 0 aromatic rings. The van der Waals surface area contributed by atoms with Crippen molar-refractivity contribution < 1.29 is 18.1 Å². The van der Waals surface area contributed by atoms with Crippen LogP contribution < -0.4 is 0 Å². The van der Waals surface area contributed by atoms with Gasteiger partial charge in [-0.25, -0.2) is 4.57 Å².